The molecule has 2 N–H and O–H groups in total. The van der Waals surface area contributed by atoms with E-state index < -0.39 is 12.0 Å². The fourth-order valence-corrected chi connectivity index (χ4v) is 3.76. The maximum absolute atomic E-state index is 12.6. The number of carbonyl (C=O) groups is 2. The van der Waals surface area contributed by atoms with Gasteiger partial charge in [0.15, 0.2) is 0 Å². The monoisotopic (exact) mass is 532 g/mol. The molecular formula is C28H22Cl2N4O3. The lowest BCUT2D eigenvalue weighted by atomic mass is 9.95. The zero-order chi connectivity index (χ0) is 26.2. The van der Waals surface area contributed by atoms with E-state index in [9.17, 15) is 9.59 Å². The summed E-state index contributed by atoms with van der Waals surface area (Å²) in [5.74, 6) is -0.579. The Hall–Kier alpha value is -4.20. The van der Waals surface area contributed by atoms with Crippen molar-refractivity contribution in [3.63, 3.8) is 0 Å². The molecule has 0 spiro atoms. The summed E-state index contributed by atoms with van der Waals surface area (Å²) >= 11 is 12.2. The Balaban J connectivity index is 1.64. The molecule has 7 nitrogen and oxygen atoms in total. The summed E-state index contributed by atoms with van der Waals surface area (Å²) in [6.07, 6.45) is 1.00. The quantitative estimate of drug-likeness (QED) is 0.230. The molecule has 0 atom stereocenters. The van der Waals surface area contributed by atoms with Gasteiger partial charge in [0.2, 0.25) is 5.96 Å². The Morgan fingerprint density at radius 1 is 0.865 bits per heavy atom. The van der Waals surface area contributed by atoms with Gasteiger partial charge in [0.05, 0.1) is 19.3 Å². The van der Waals surface area contributed by atoms with E-state index in [1.165, 1.54) is 7.11 Å². The molecular weight excluding hydrogens is 511 g/mol. The second-order valence-corrected chi connectivity index (χ2v) is 8.71. The number of amides is 2. The highest BCUT2D eigenvalue weighted by Gasteiger charge is 2.13. The van der Waals surface area contributed by atoms with E-state index >= 15 is 0 Å². The Morgan fingerprint density at radius 2 is 1.46 bits per heavy atom. The van der Waals surface area contributed by atoms with Gasteiger partial charge in [-0.05, 0) is 59.2 Å². The zero-order valence-corrected chi connectivity index (χ0v) is 21.3. The Morgan fingerprint density at radius 3 is 2.05 bits per heavy atom. The van der Waals surface area contributed by atoms with Crippen LogP contribution >= 0.6 is 23.2 Å². The summed E-state index contributed by atoms with van der Waals surface area (Å²) in [5.41, 5.74) is 4.75. The van der Waals surface area contributed by atoms with Crippen molar-refractivity contribution >= 4 is 41.2 Å². The Kier molecular flexibility index (Phi) is 8.51. The van der Waals surface area contributed by atoms with Gasteiger partial charge in [0.1, 0.15) is 0 Å². The fraction of sp³-hybridized carbons (Fsp3) is 0.0714. The minimum Gasteiger partial charge on any atom is -0.453 e. The zero-order valence-electron chi connectivity index (χ0n) is 19.7. The van der Waals surface area contributed by atoms with Crippen LogP contribution in [0.1, 0.15) is 16.1 Å². The molecule has 0 radical (unpaired) electrons. The van der Waals surface area contributed by atoms with Crippen LogP contribution in [-0.2, 0) is 11.3 Å². The van der Waals surface area contributed by atoms with Crippen molar-refractivity contribution in [1.82, 2.24) is 15.6 Å². The highest BCUT2D eigenvalue weighted by molar-refractivity contribution is 6.31. The van der Waals surface area contributed by atoms with Crippen LogP contribution in [0, 0.1) is 0 Å². The molecule has 0 saturated carbocycles. The van der Waals surface area contributed by atoms with Crippen molar-refractivity contribution in [2.75, 3.05) is 7.11 Å². The van der Waals surface area contributed by atoms with Gasteiger partial charge in [-0.25, -0.2) is 4.79 Å². The number of pyridine rings is 1. The van der Waals surface area contributed by atoms with E-state index in [0.717, 1.165) is 22.3 Å². The van der Waals surface area contributed by atoms with Crippen LogP contribution in [0.3, 0.4) is 0 Å². The van der Waals surface area contributed by atoms with E-state index in [-0.39, 0.29) is 12.5 Å². The summed E-state index contributed by atoms with van der Waals surface area (Å²) in [7, 11) is 1.22. The lowest BCUT2D eigenvalue weighted by Gasteiger charge is -2.14. The predicted octanol–water partition coefficient (Wildman–Crippen LogP) is 6.36. The lowest BCUT2D eigenvalue weighted by Crippen LogP contribution is -2.41. The average molecular weight is 533 g/mol. The molecule has 4 rings (SSSR count). The molecule has 37 heavy (non-hydrogen) atoms. The van der Waals surface area contributed by atoms with Crippen molar-refractivity contribution in [2.45, 2.75) is 6.54 Å². The van der Waals surface area contributed by atoms with Gasteiger partial charge in [-0.2, -0.15) is 4.99 Å². The standard InChI is InChI=1S/C28H22Cl2N4O3/c1-37-28(36)34-27(33-26(35)20-5-3-2-4-6-20)32-16-23-15-24(18-7-11-21(29)12-8-18)25(17-31-23)19-9-13-22(30)14-10-19/h2-15,17H,16H2,1H3,(H2,32,33,34,35,36). The first kappa shape index (κ1) is 25.9. The van der Waals surface area contributed by atoms with Gasteiger partial charge < -0.3 is 10.1 Å². The molecule has 4 aromatic rings. The second-order valence-electron chi connectivity index (χ2n) is 7.84. The number of aliphatic imine (C=N–C) groups is 1. The molecule has 0 aliphatic heterocycles. The van der Waals surface area contributed by atoms with Gasteiger partial charge in [-0.1, -0.05) is 65.7 Å². The maximum atomic E-state index is 12.6. The number of carbonyl (C=O) groups excluding carboxylic acids is 2. The number of alkyl carbamates (subject to hydrolysis) is 1. The van der Waals surface area contributed by atoms with E-state index in [1.54, 1.807) is 36.5 Å². The third-order valence-electron chi connectivity index (χ3n) is 5.35. The van der Waals surface area contributed by atoms with Gasteiger partial charge in [-0.15, -0.1) is 0 Å². The van der Waals surface area contributed by atoms with Crippen LogP contribution in [-0.4, -0.2) is 30.1 Å². The molecule has 1 aromatic heterocycles. The first-order valence-electron chi connectivity index (χ1n) is 11.2. The first-order chi connectivity index (χ1) is 17.9. The molecule has 9 heteroatoms. The second kappa shape index (κ2) is 12.2. The molecule has 2 amide bonds. The van der Waals surface area contributed by atoms with Crippen LogP contribution in [0.5, 0.6) is 0 Å². The van der Waals surface area contributed by atoms with Crippen molar-refractivity contribution in [3.8, 4) is 22.3 Å². The largest absolute Gasteiger partial charge is 0.453 e. The van der Waals surface area contributed by atoms with Gasteiger partial charge in [0, 0.05) is 27.4 Å². The van der Waals surface area contributed by atoms with Gasteiger partial charge in [-0.3, -0.25) is 15.1 Å². The smallest absolute Gasteiger partial charge is 0.413 e. The van der Waals surface area contributed by atoms with Crippen LogP contribution in [0.2, 0.25) is 10.0 Å². The van der Waals surface area contributed by atoms with Crippen LogP contribution in [0.15, 0.2) is 96.1 Å². The number of hydrogen-bond donors (Lipinski definition) is 2. The summed E-state index contributed by atoms with van der Waals surface area (Å²) in [5, 5.41) is 6.68. The van der Waals surface area contributed by atoms with Crippen molar-refractivity contribution < 1.29 is 14.3 Å². The number of ether oxygens (including phenoxy) is 1. The summed E-state index contributed by atoms with van der Waals surface area (Å²) < 4.78 is 4.66. The third-order valence-corrected chi connectivity index (χ3v) is 5.85. The number of guanidine groups is 1. The topological polar surface area (TPSA) is 92.7 Å². The van der Waals surface area contributed by atoms with E-state index in [2.05, 4.69) is 25.3 Å². The summed E-state index contributed by atoms with van der Waals surface area (Å²) in [6, 6.07) is 25.5. The first-order valence-corrected chi connectivity index (χ1v) is 12.0. The minimum absolute atomic E-state index is 0.0580. The van der Waals surface area contributed by atoms with Crippen molar-refractivity contribution in [2.24, 2.45) is 4.99 Å². The number of halogens is 2. The van der Waals surface area contributed by atoms with E-state index in [0.29, 0.717) is 21.3 Å². The van der Waals surface area contributed by atoms with Crippen LogP contribution < -0.4 is 10.6 Å². The molecule has 0 bridgehead atoms. The SMILES string of the molecule is COC(=O)N/C(=N\C(=O)c1ccccc1)NCc1cc(-c2ccc(Cl)cc2)c(-c2ccc(Cl)cc2)cn1. The molecule has 0 unspecified atom stereocenters. The minimum atomic E-state index is -0.764. The predicted molar refractivity (Wildman–Crippen MR) is 146 cm³/mol. The molecule has 0 fully saturated rings. The number of methoxy groups -OCH3 is 1. The fourth-order valence-electron chi connectivity index (χ4n) is 3.50. The number of aromatic nitrogens is 1. The average Bonchev–Trinajstić information content (AvgIpc) is 2.93. The number of benzene rings is 3. The van der Waals surface area contributed by atoms with Gasteiger partial charge in [0.25, 0.3) is 5.91 Å². The molecule has 186 valence electrons. The lowest BCUT2D eigenvalue weighted by molar-refractivity contribution is 0.100. The number of nitrogens with zero attached hydrogens (tertiary/aromatic N) is 2. The highest BCUT2D eigenvalue weighted by Crippen LogP contribution is 2.33. The highest BCUT2D eigenvalue weighted by atomic mass is 35.5. The molecule has 3 aromatic carbocycles. The maximum Gasteiger partial charge on any atom is 0.413 e. The third kappa shape index (κ3) is 6.94. The molecule has 0 aliphatic carbocycles. The van der Waals surface area contributed by atoms with E-state index in [4.69, 9.17) is 23.2 Å². The molecule has 1 heterocycles. The van der Waals surface area contributed by atoms with Crippen LogP contribution in [0.25, 0.3) is 22.3 Å². The Labute approximate surface area is 224 Å². The van der Waals surface area contributed by atoms with Gasteiger partial charge >= 0.3 is 6.09 Å². The number of nitrogens with one attached hydrogen (secondary N) is 2. The molecule has 0 saturated heterocycles. The Bertz CT molecular complexity index is 1420. The number of rotatable bonds is 5. The van der Waals surface area contributed by atoms with Crippen LogP contribution in [0.4, 0.5) is 4.79 Å². The number of hydrogen-bond acceptors (Lipinski definition) is 4. The normalized spacial score (nSPS) is 11.1. The van der Waals surface area contributed by atoms with Crippen molar-refractivity contribution in [1.29, 1.82) is 0 Å². The van der Waals surface area contributed by atoms with Crippen molar-refractivity contribution in [3.05, 3.63) is 112 Å². The van der Waals surface area contributed by atoms with E-state index in [1.807, 2.05) is 54.6 Å². The summed E-state index contributed by atoms with van der Waals surface area (Å²) in [6.45, 7) is 0.173. The summed E-state index contributed by atoms with van der Waals surface area (Å²) in [4.78, 5) is 33.0. The molecule has 0 aliphatic rings.